The Morgan fingerprint density at radius 3 is 1.91 bits per heavy atom. The molecule has 4 N–H and O–H groups in total. The Kier molecular flexibility index (Phi) is 3.89. The SMILES string of the molecule is CC(C)NN(C(=N)N)C(C)C. The van der Waals surface area contributed by atoms with Crippen molar-refractivity contribution in [3.8, 4) is 0 Å². The van der Waals surface area contributed by atoms with E-state index in [-0.39, 0.29) is 12.0 Å². The molecule has 66 valence electrons. The van der Waals surface area contributed by atoms with Crippen molar-refractivity contribution in [1.82, 2.24) is 10.4 Å². The van der Waals surface area contributed by atoms with Gasteiger partial charge in [0.1, 0.15) is 0 Å². The Balaban J connectivity index is 4.01. The first-order valence-corrected chi connectivity index (χ1v) is 3.84. The Morgan fingerprint density at radius 2 is 1.82 bits per heavy atom. The van der Waals surface area contributed by atoms with Crippen molar-refractivity contribution in [1.29, 1.82) is 5.41 Å². The minimum atomic E-state index is 0.0636. The van der Waals surface area contributed by atoms with Gasteiger partial charge in [-0.05, 0) is 27.7 Å². The van der Waals surface area contributed by atoms with E-state index in [0.29, 0.717) is 6.04 Å². The summed E-state index contributed by atoms with van der Waals surface area (Å²) >= 11 is 0. The Labute approximate surface area is 68.2 Å². The smallest absolute Gasteiger partial charge is 0.203 e. The van der Waals surface area contributed by atoms with E-state index in [1.807, 2.05) is 27.7 Å². The molecule has 4 heteroatoms. The summed E-state index contributed by atoms with van der Waals surface area (Å²) in [6.45, 7) is 7.99. The van der Waals surface area contributed by atoms with Crippen molar-refractivity contribution in [2.24, 2.45) is 5.73 Å². The first kappa shape index (κ1) is 10.2. The highest BCUT2D eigenvalue weighted by atomic mass is 15.6. The summed E-state index contributed by atoms with van der Waals surface area (Å²) in [4.78, 5) is 0. The first-order chi connectivity index (χ1) is 4.95. The molecule has 0 rings (SSSR count). The van der Waals surface area contributed by atoms with Crippen LogP contribution in [0.2, 0.25) is 0 Å². The van der Waals surface area contributed by atoms with Crippen molar-refractivity contribution in [3.05, 3.63) is 0 Å². The van der Waals surface area contributed by atoms with Crippen LogP contribution < -0.4 is 11.2 Å². The molecule has 0 aliphatic heterocycles. The molecule has 0 fully saturated rings. The van der Waals surface area contributed by atoms with Gasteiger partial charge in [-0.25, -0.2) is 5.43 Å². The number of hydrazine groups is 1. The van der Waals surface area contributed by atoms with Gasteiger partial charge in [-0.3, -0.25) is 10.4 Å². The molecule has 0 unspecified atom stereocenters. The number of nitrogens with one attached hydrogen (secondary N) is 2. The van der Waals surface area contributed by atoms with E-state index in [0.717, 1.165) is 0 Å². The zero-order chi connectivity index (χ0) is 9.02. The fourth-order valence-corrected chi connectivity index (χ4v) is 0.775. The second-order valence-corrected chi connectivity index (χ2v) is 3.13. The Hall–Kier alpha value is -0.770. The Morgan fingerprint density at radius 1 is 1.36 bits per heavy atom. The highest BCUT2D eigenvalue weighted by Crippen LogP contribution is 1.93. The molecule has 0 spiro atoms. The quantitative estimate of drug-likeness (QED) is 0.318. The summed E-state index contributed by atoms with van der Waals surface area (Å²) < 4.78 is 0. The van der Waals surface area contributed by atoms with Crippen LogP contribution in [0.25, 0.3) is 0 Å². The monoisotopic (exact) mass is 158 g/mol. The normalized spacial score (nSPS) is 10.7. The number of nitrogens with zero attached hydrogens (tertiary/aromatic N) is 1. The molecule has 0 aromatic heterocycles. The van der Waals surface area contributed by atoms with Crippen LogP contribution in [0, 0.1) is 5.41 Å². The molecule has 0 saturated heterocycles. The van der Waals surface area contributed by atoms with Gasteiger partial charge in [0.2, 0.25) is 5.96 Å². The van der Waals surface area contributed by atoms with Crippen molar-refractivity contribution < 1.29 is 0 Å². The standard InChI is InChI=1S/C7H18N4/c1-5(2)10-11(6(3)4)7(8)9/h5-6,10H,1-4H3,(H3,8,9). The predicted octanol–water partition coefficient (Wildman–Crippen LogP) is 0.503. The average molecular weight is 158 g/mol. The second kappa shape index (κ2) is 4.18. The highest BCUT2D eigenvalue weighted by Gasteiger charge is 2.10. The number of rotatable bonds is 3. The maximum Gasteiger partial charge on any atom is 0.203 e. The maximum absolute atomic E-state index is 7.22. The summed E-state index contributed by atoms with van der Waals surface area (Å²) in [7, 11) is 0. The molecule has 11 heavy (non-hydrogen) atoms. The van der Waals surface area contributed by atoms with E-state index in [1.54, 1.807) is 5.01 Å². The van der Waals surface area contributed by atoms with Crippen LogP contribution in [0.3, 0.4) is 0 Å². The van der Waals surface area contributed by atoms with Gasteiger partial charge in [-0.2, -0.15) is 0 Å². The third kappa shape index (κ3) is 3.83. The molecule has 0 bridgehead atoms. The van der Waals surface area contributed by atoms with Gasteiger partial charge in [0, 0.05) is 12.1 Å². The summed E-state index contributed by atoms with van der Waals surface area (Å²) in [6.07, 6.45) is 0. The van der Waals surface area contributed by atoms with Crippen LogP contribution >= 0.6 is 0 Å². The lowest BCUT2D eigenvalue weighted by molar-refractivity contribution is 0.225. The van der Waals surface area contributed by atoms with Gasteiger partial charge in [0.15, 0.2) is 0 Å². The molecule has 0 atom stereocenters. The molecular weight excluding hydrogens is 140 g/mol. The molecule has 0 aliphatic rings. The molecule has 0 saturated carbocycles. The number of guanidine groups is 1. The topological polar surface area (TPSA) is 65.1 Å². The average Bonchev–Trinajstić information content (AvgIpc) is 1.81. The van der Waals surface area contributed by atoms with Gasteiger partial charge >= 0.3 is 0 Å². The maximum atomic E-state index is 7.22. The van der Waals surface area contributed by atoms with Crippen LogP contribution in [-0.2, 0) is 0 Å². The van der Waals surface area contributed by atoms with Gasteiger partial charge < -0.3 is 5.73 Å². The van der Waals surface area contributed by atoms with Crippen LogP contribution in [0.5, 0.6) is 0 Å². The third-order valence-electron chi connectivity index (χ3n) is 1.17. The lowest BCUT2D eigenvalue weighted by Gasteiger charge is -2.29. The van der Waals surface area contributed by atoms with E-state index < -0.39 is 0 Å². The minimum Gasteiger partial charge on any atom is -0.369 e. The largest absolute Gasteiger partial charge is 0.369 e. The Bertz CT molecular complexity index is 130. The van der Waals surface area contributed by atoms with Gasteiger partial charge in [0.05, 0.1) is 0 Å². The molecule has 0 amide bonds. The molecule has 0 aromatic carbocycles. The summed E-state index contributed by atoms with van der Waals surface area (Å²) in [5.74, 6) is 0.0636. The van der Waals surface area contributed by atoms with Crippen molar-refractivity contribution in [2.45, 2.75) is 39.8 Å². The fraction of sp³-hybridized carbons (Fsp3) is 0.857. The van der Waals surface area contributed by atoms with Crippen molar-refractivity contribution in [2.75, 3.05) is 0 Å². The lowest BCUT2D eigenvalue weighted by atomic mass is 10.4. The summed E-state index contributed by atoms with van der Waals surface area (Å²) in [5.41, 5.74) is 8.40. The van der Waals surface area contributed by atoms with E-state index in [9.17, 15) is 0 Å². The molecule has 4 nitrogen and oxygen atoms in total. The van der Waals surface area contributed by atoms with Crippen LogP contribution in [0.4, 0.5) is 0 Å². The third-order valence-corrected chi connectivity index (χ3v) is 1.17. The summed E-state index contributed by atoms with van der Waals surface area (Å²) in [6, 6.07) is 0.524. The van der Waals surface area contributed by atoms with Crippen LogP contribution in [0.1, 0.15) is 27.7 Å². The van der Waals surface area contributed by atoms with Gasteiger partial charge in [-0.15, -0.1) is 0 Å². The molecule has 0 aliphatic carbocycles. The van der Waals surface area contributed by atoms with E-state index >= 15 is 0 Å². The predicted molar refractivity (Wildman–Crippen MR) is 47.2 cm³/mol. The van der Waals surface area contributed by atoms with Crippen molar-refractivity contribution >= 4 is 5.96 Å². The number of nitrogens with two attached hydrogens (primary N) is 1. The molecule has 0 radical (unpaired) electrons. The zero-order valence-electron chi connectivity index (χ0n) is 7.68. The van der Waals surface area contributed by atoms with Crippen LogP contribution in [-0.4, -0.2) is 23.1 Å². The number of hydrogen-bond donors (Lipinski definition) is 3. The lowest BCUT2D eigenvalue weighted by Crippen LogP contribution is -2.52. The van der Waals surface area contributed by atoms with Crippen LogP contribution in [0.15, 0.2) is 0 Å². The summed E-state index contributed by atoms with van der Waals surface area (Å²) in [5, 5.41) is 8.86. The molecular formula is C7H18N4. The zero-order valence-corrected chi connectivity index (χ0v) is 7.68. The van der Waals surface area contributed by atoms with Gasteiger partial charge in [0.25, 0.3) is 0 Å². The highest BCUT2D eigenvalue weighted by molar-refractivity contribution is 5.74. The van der Waals surface area contributed by atoms with Gasteiger partial charge in [-0.1, -0.05) is 0 Å². The fourth-order valence-electron chi connectivity index (χ4n) is 0.775. The molecule has 0 aromatic rings. The van der Waals surface area contributed by atoms with E-state index in [1.165, 1.54) is 0 Å². The first-order valence-electron chi connectivity index (χ1n) is 3.84. The van der Waals surface area contributed by atoms with E-state index in [2.05, 4.69) is 5.43 Å². The molecule has 0 heterocycles. The second-order valence-electron chi connectivity index (χ2n) is 3.13. The minimum absolute atomic E-state index is 0.0636. The van der Waals surface area contributed by atoms with E-state index in [4.69, 9.17) is 11.1 Å². The number of hydrogen-bond acceptors (Lipinski definition) is 2. The van der Waals surface area contributed by atoms with Crippen molar-refractivity contribution in [3.63, 3.8) is 0 Å².